The van der Waals surface area contributed by atoms with Gasteiger partial charge in [0.15, 0.2) is 0 Å². The standard InChI is InChI=1S/C6H5NO3.Mo/c8-6-3-1-5(2-4-6)7(9)10;/h1-4,8H;. The topological polar surface area (TPSA) is 63.4 Å². The number of nitrogens with zero attached hydrogens (tertiary/aromatic N) is 1. The summed E-state index contributed by atoms with van der Waals surface area (Å²) in [6, 6.07) is 5.04. The summed E-state index contributed by atoms with van der Waals surface area (Å²) in [5.74, 6) is 0.0330. The first kappa shape index (κ1) is 10.1. The number of phenolic OH excluding ortho intramolecular Hbond substituents is 1. The molecule has 0 fully saturated rings. The summed E-state index contributed by atoms with van der Waals surface area (Å²) in [6.45, 7) is 0. The summed E-state index contributed by atoms with van der Waals surface area (Å²) in [4.78, 5) is 9.52. The van der Waals surface area contributed by atoms with Crippen molar-refractivity contribution in [2.75, 3.05) is 0 Å². The zero-order valence-electron chi connectivity index (χ0n) is 5.43. The molecule has 0 bridgehead atoms. The second kappa shape index (κ2) is 4.08. The smallest absolute Gasteiger partial charge is 0.269 e. The number of rotatable bonds is 1. The van der Waals surface area contributed by atoms with E-state index in [4.69, 9.17) is 5.11 Å². The van der Waals surface area contributed by atoms with Crippen molar-refractivity contribution in [3.63, 3.8) is 0 Å². The summed E-state index contributed by atoms with van der Waals surface area (Å²) >= 11 is 0. The molecule has 0 aromatic heterocycles. The number of phenols is 1. The molecule has 58 valence electrons. The molecule has 0 saturated carbocycles. The van der Waals surface area contributed by atoms with Crippen molar-refractivity contribution in [2.45, 2.75) is 0 Å². The van der Waals surface area contributed by atoms with Crippen LogP contribution in [0.4, 0.5) is 5.69 Å². The predicted molar refractivity (Wildman–Crippen MR) is 34.8 cm³/mol. The molecular formula is C6H5MoNO3. The van der Waals surface area contributed by atoms with Gasteiger partial charge in [-0.05, 0) is 12.1 Å². The molecule has 5 heteroatoms. The molecule has 1 N–H and O–H groups in total. The van der Waals surface area contributed by atoms with Gasteiger partial charge in [0.05, 0.1) is 4.92 Å². The largest absolute Gasteiger partial charge is 0.508 e. The molecule has 0 aliphatic rings. The fraction of sp³-hybridized carbons (Fsp3) is 0. The summed E-state index contributed by atoms with van der Waals surface area (Å²) in [6.07, 6.45) is 0. The predicted octanol–water partition coefficient (Wildman–Crippen LogP) is 1.30. The Balaban J connectivity index is 0.000001000. The Morgan fingerprint density at radius 2 is 1.73 bits per heavy atom. The Morgan fingerprint density at radius 1 is 1.27 bits per heavy atom. The number of benzene rings is 1. The number of nitro groups is 1. The van der Waals surface area contributed by atoms with E-state index in [1.165, 1.54) is 24.3 Å². The molecule has 0 radical (unpaired) electrons. The first-order valence-electron chi connectivity index (χ1n) is 2.63. The van der Waals surface area contributed by atoms with Crippen LogP contribution < -0.4 is 0 Å². The molecule has 0 spiro atoms. The van der Waals surface area contributed by atoms with Gasteiger partial charge in [0.1, 0.15) is 5.75 Å². The van der Waals surface area contributed by atoms with Crippen LogP contribution in [0.5, 0.6) is 5.75 Å². The summed E-state index contributed by atoms with van der Waals surface area (Å²) < 4.78 is 0. The fourth-order valence-electron chi connectivity index (χ4n) is 0.574. The van der Waals surface area contributed by atoms with Crippen LogP contribution in [0.1, 0.15) is 0 Å². The number of non-ortho nitro benzene ring substituents is 1. The summed E-state index contributed by atoms with van der Waals surface area (Å²) in [7, 11) is 0. The van der Waals surface area contributed by atoms with Crippen molar-refractivity contribution in [3.8, 4) is 5.75 Å². The number of hydrogen-bond acceptors (Lipinski definition) is 3. The van der Waals surface area contributed by atoms with E-state index in [0.717, 1.165) is 0 Å². The van der Waals surface area contributed by atoms with Gasteiger partial charge in [0, 0.05) is 33.2 Å². The monoisotopic (exact) mass is 237 g/mol. The Morgan fingerprint density at radius 3 is 2.09 bits per heavy atom. The van der Waals surface area contributed by atoms with Gasteiger partial charge in [0.25, 0.3) is 5.69 Å². The average Bonchev–Trinajstić information content (AvgIpc) is 1.88. The third-order valence-corrected chi connectivity index (χ3v) is 1.06. The number of hydrogen-bond donors (Lipinski definition) is 1. The Kier molecular flexibility index (Phi) is 3.75. The molecular weight excluding hydrogens is 230 g/mol. The summed E-state index contributed by atoms with van der Waals surface area (Å²) in [5.41, 5.74) is -0.0159. The molecule has 1 aromatic carbocycles. The quantitative estimate of drug-likeness (QED) is 0.453. The SMILES string of the molecule is O=[N+]([O-])c1ccc(O)cc1.[Mo]. The number of nitro benzene ring substituents is 1. The van der Waals surface area contributed by atoms with Gasteiger partial charge in [-0.1, -0.05) is 0 Å². The molecule has 1 rings (SSSR count). The average molecular weight is 235 g/mol. The van der Waals surface area contributed by atoms with Crippen LogP contribution in [0, 0.1) is 10.1 Å². The maximum Gasteiger partial charge on any atom is 0.269 e. The molecule has 1 aromatic rings. The second-order valence-corrected chi connectivity index (χ2v) is 1.77. The van der Waals surface area contributed by atoms with Crippen LogP contribution in [0.15, 0.2) is 24.3 Å². The Hall–Kier alpha value is -0.892. The van der Waals surface area contributed by atoms with Gasteiger partial charge in [-0.2, -0.15) is 0 Å². The minimum atomic E-state index is -0.514. The summed E-state index contributed by atoms with van der Waals surface area (Å²) in [5, 5.41) is 18.8. The van der Waals surface area contributed by atoms with E-state index < -0.39 is 4.92 Å². The number of aromatic hydroxyl groups is 1. The fourth-order valence-corrected chi connectivity index (χ4v) is 0.574. The maximum atomic E-state index is 10.0. The third-order valence-electron chi connectivity index (χ3n) is 1.06. The van der Waals surface area contributed by atoms with Crippen molar-refractivity contribution >= 4 is 5.69 Å². The van der Waals surface area contributed by atoms with Gasteiger partial charge < -0.3 is 5.11 Å². The van der Waals surface area contributed by atoms with E-state index in [0.29, 0.717) is 0 Å². The Bertz CT molecular complexity index is 247. The zero-order valence-corrected chi connectivity index (χ0v) is 7.44. The minimum absolute atomic E-state index is 0. The molecule has 0 atom stereocenters. The zero-order chi connectivity index (χ0) is 7.56. The van der Waals surface area contributed by atoms with Crippen LogP contribution in [0.25, 0.3) is 0 Å². The van der Waals surface area contributed by atoms with Crippen molar-refractivity contribution in [3.05, 3.63) is 34.4 Å². The van der Waals surface area contributed by atoms with Gasteiger partial charge in [0.2, 0.25) is 0 Å². The van der Waals surface area contributed by atoms with Crippen molar-refractivity contribution < 1.29 is 31.1 Å². The van der Waals surface area contributed by atoms with Crippen LogP contribution >= 0.6 is 0 Å². The normalized spacial score (nSPS) is 8.36. The molecule has 0 aliphatic heterocycles. The van der Waals surface area contributed by atoms with Crippen molar-refractivity contribution in [1.29, 1.82) is 0 Å². The molecule has 0 aliphatic carbocycles. The van der Waals surface area contributed by atoms with Crippen LogP contribution in [0.2, 0.25) is 0 Å². The van der Waals surface area contributed by atoms with Crippen molar-refractivity contribution in [2.24, 2.45) is 0 Å². The van der Waals surface area contributed by atoms with Gasteiger partial charge in [-0.15, -0.1) is 0 Å². The first-order chi connectivity index (χ1) is 4.70. The molecule has 0 saturated heterocycles. The molecule has 0 unspecified atom stereocenters. The van der Waals surface area contributed by atoms with E-state index in [2.05, 4.69) is 0 Å². The van der Waals surface area contributed by atoms with Crippen LogP contribution in [-0.4, -0.2) is 10.0 Å². The first-order valence-corrected chi connectivity index (χ1v) is 2.63. The molecule has 0 amide bonds. The van der Waals surface area contributed by atoms with E-state index in [-0.39, 0.29) is 32.5 Å². The van der Waals surface area contributed by atoms with Gasteiger partial charge in [-0.25, -0.2) is 0 Å². The van der Waals surface area contributed by atoms with E-state index in [9.17, 15) is 10.1 Å². The van der Waals surface area contributed by atoms with E-state index in [1.807, 2.05) is 0 Å². The van der Waals surface area contributed by atoms with Gasteiger partial charge in [-0.3, -0.25) is 10.1 Å². The van der Waals surface area contributed by atoms with E-state index >= 15 is 0 Å². The van der Waals surface area contributed by atoms with Crippen LogP contribution in [0.3, 0.4) is 0 Å². The second-order valence-electron chi connectivity index (χ2n) is 1.77. The molecule has 4 nitrogen and oxygen atoms in total. The minimum Gasteiger partial charge on any atom is -0.508 e. The molecule has 11 heavy (non-hydrogen) atoms. The maximum absolute atomic E-state index is 10.0. The third kappa shape index (κ3) is 2.68. The van der Waals surface area contributed by atoms with Gasteiger partial charge >= 0.3 is 0 Å². The molecule has 0 heterocycles. The van der Waals surface area contributed by atoms with E-state index in [1.54, 1.807) is 0 Å². The Labute approximate surface area is 77.3 Å². The van der Waals surface area contributed by atoms with Crippen LogP contribution in [-0.2, 0) is 21.1 Å². The van der Waals surface area contributed by atoms with Crippen molar-refractivity contribution in [1.82, 2.24) is 0 Å².